The van der Waals surface area contributed by atoms with Gasteiger partial charge in [0.1, 0.15) is 16.9 Å². The van der Waals surface area contributed by atoms with E-state index >= 15 is 0 Å². The number of carbonyl (C=O) groups is 3. The molecule has 9 nitrogen and oxygen atoms in total. The number of amides is 2. The van der Waals surface area contributed by atoms with Crippen molar-refractivity contribution in [2.45, 2.75) is 25.1 Å². The van der Waals surface area contributed by atoms with Crippen LogP contribution in [0.1, 0.15) is 34.9 Å². The summed E-state index contributed by atoms with van der Waals surface area (Å²) < 4.78 is 67.4. The van der Waals surface area contributed by atoms with Crippen LogP contribution in [0, 0.1) is 5.92 Å². The summed E-state index contributed by atoms with van der Waals surface area (Å²) in [6, 6.07) is 3.03. The molecular formula is C27H23F5N6O3. The van der Waals surface area contributed by atoms with Crippen molar-refractivity contribution in [3.63, 3.8) is 0 Å². The largest absolute Gasteiger partial charge is 0.433 e. The molecule has 5 heterocycles. The van der Waals surface area contributed by atoms with Crippen molar-refractivity contribution in [2.75, 3.05) is 26.2 Å². The average Bonchev–Trinajstić information content (AvgIpc) is 3.30. The lowest BCUT2D eigenvalue weighted by molar-refractivity contribution is -0.141. The molecule has 14 heteroatoms. The van der Waals surface area contributed by atoms with E-state index < -0.39 is 47.3 Å². The third kappa shape index (κ3) is 5.21. The van der Waals surface area contributed by atoms with E-state index in [0.717, 1.165) is 12.3 Å². The molecule has 214 valence electrons. The minimum absolute atomic E-state index is 0.0550. The zero-order valence-electron chi connectivity index (χ0n) is 21.5. The molecule has 2 aliphatic rings. The van der Waals surface area contributed by atoms with Gasteiger partial charge in [-0.25, -0.2) is 8.78 Å². The Balaban J connectivity index is 1.52. The van der Waals surface area contributed by atoms with E-state index in [2.05, 4.69) is 28.2 Å². The number of halogens is 5. The Labute approximate surface area is 229 Å². The van der Waals surface area contributed by atoms with Gasteiger partial charge in [-0.1, -0.05) is 13.2 Å². The van der Waals surface area contributed by atoms with E-state index in [1.165, 1.54) is 32.8 Å². The normalized spacial score (nSPS) is 16.5. The number of likely N-dealkylation sites (tertiary alicyclic amines) is 2. The molecule has 0 spiro atoms. The molecule has 3 aromatic heterocycles. The lowest BCUT2D eigenvalue weighted by atomic mass is 9.88. The maximum Gasteiger partial charge on any atom is 0.433 e. The molecule has 2 amide bonds. The first-order chi connectivity index (χ1) is 19.4. The van der Waals surface area contributed by atoms with Crippen LogP contribution in [0.5, 0.6) is 0 Å². The molecule has 0 N–H and O–H groups in total. The van der Waals surface area contributed by atoms with Crippen LogP contribution in [0.15, 0.2) is 55.4 Å². The van der Waals surface area contributed by atoms with Gasteiger partial charge in [0.05, 0.1) is 11.6 Å². The topological polar surface area (TPSA) is 101 Å². The summed E-state index contributed by atoms with van der Waals surface area (Å²) in [4.78, 5) is 48.0. The summed E-state index contributed by atoms with van der Waals surface area (Å²) in [7, 11) is 0. The van der Waals surface area contributed by atoms with Crippen LogP contribution < -0.4 is 0 Å². The Kier molecular flexibility index (Phi) is 7.17. The standard InChI is InChI=1S/C27H23F5N6O3/c1-14(28)25(40)36-9-6-16(7-10-36)24(39)19-5-8-33-22-21(17-3-4-20(34-11-17)27(30,31)32)35-38(23(19)22)18-12-37(13-18)26(41)15(2)29/h3-5,8,11,16,18H,1-2,6-7,9-10,12-13H2. The number of aromatic nitrogens is 4. The van der Waals surface area contributed by atoms with Gasteiger partial charge >= 0.3 is 6.18 Å². The summed E-state index contributed by atoms with van der Waals surface area (Å²) in [5.74, 6) is -4.68. The van der Waals surface area contributed by atoms with Crippen LogP contribution >= 0.6 is 0 Å². The molecule has 2 fully saturated rings. The first kappa shape index (κ1) is 28.1. The second-order valence-electron chi connectivity index (χ2n) is 9.88. The van der Waals surface area contributed by atoms with E-state index in [1.807, 2.05) is 0 Å². The van der Waals surface area contributed by atoms with Crippen molar-refractivity contribution in [1.29, 1.82) is 0 Å². The van der Waals surface area contributed by atoms with Crippen molar-refractivity contribution < 1.29 is 36.3 Å². The summed E-state index contributed by atoms with van der Waals surface area (Å²) in [6.45, 7) is 6.46. The summed E-state index contributed by atoms with van der Waals surface area (Å²) >= 11 is 0. The molecule has 0 atom stereocenters. The molecule has 0 aromatic carbocycles. The fourth-order valence-electron chi connectivity index (χ4n) is 5.11. The maximum absolute atomic E-state index is 13.7. The van der Waals surface area contributed by atoms with Crippen LogP contribution in [0.3, 0.4) is 0 Å². The highest BCUT2D eigenvalue weighted by molar-refractivity contribution is 6.09. The molecule has 0 radical (unpaired) electrons. The van der Waals surface area contributed by atoms with Crippen molar-refractivity contribution in [3.8, 4) is 11.3 Å². The fourth-order valence-corrected chi connectivity index (χ4v) is 5.11. The number of piperidine rings is 1. The van der Waals surface area contributed by atoms with Gasteiger partial charge in [-0.15, -0.1) is 0 Å². The summed E-state index contributed by atoms with van der Waals surface area (Å²) in [6.07, 6.45) is -1.69. The van der Waals surface area contributed by atoms with Crippen molar-refractivity contribution in [1.82, 2.24) is 29.5 Å². The van der Waals surface area contributed by atoms with Crippen LogP contribution in [-0.2, 0) is 15.8 Å². The van der Waals surface area contributed by atoms with Crippen molar-refractivity contribution >= 4 is 28.6 Å². The number of hydrogen-bond acceptors (Lipinski definition) is 6. The SMILES string of the molecule is C=C(F)C(=O)N1CCC(C(=O)c2ccnc3c(-c4ccc(C(F)(F)F)nc4)nn(C4CN(C(=O)C(=C)F)C4)c23)CC1. The first-order valence-electron chi connectivity index (χ1n) is 12.6. The molecular weight excluding hydrogens is 551 g/mol. The highest BCUT2D eigenvalue weighted by Gasteiger charge is 2.38. The highest BCUT2D eigenvalue weighted by Crippen LogP contribution is 2.36. The number of rotatable bonds is 6. The minimum atomic E-state index is -4.64. The van der Waals surface area contributed by atoms with Crippen LogP contribution in [0.4, 0.5) is 22.0 Å². The predicted octanol–water partition coefficient (Wildman–Crippen LogP) is 4.28. The van der Waals surface area contributed by atoms with Gasteiger partial charge in [-0.05, 0) is 31.0 Å². The Morgan fingerprint density at radius 1 is 0.902 bits per heavy atom. The second-order valence-corrected chi connectivity index (χ2v) is 9.88. The van der Waals surface area contributed by atoms with E-state index in [4.69, 9.17) is 0 Å². The Morgan fingerprint density at radius 3 is 2.10 bits per heavy atom. The number of alkyl halides is 3. The summed E-state index contributed by atoms with van der Waals surface area (Å²) in [5, 5.41) is 4.58. The number of nitrogens with zero attached hydrogens (tertiary/aromatic N) is 6. The average molecular weight is 575 g/mol. The van der Waals surface area contributed by atoms with Gasteiger partial charge in [0.15, 0.2) is 17.4 Å². The third-order valence-electron chi connectivity index (χ3n) is 7.29. The minimum Gasteiger partial charge on any atom is -0.337 e. The van der Waals surface area contributed by atoms with Crippen LogP contribution in [0.2, 0.25) is 0 Å². The molecule has 5 rings (SSSR count). The van der Waals surface area contributed by atoms with Gasteiger partial charge in [-0.3, -0.25) is 29.0 Å². The number of carbonyl (C=O) groups excluding carboxylic acids is 3. The van der Waals surface area contributed by atoms with Gasteiger partial charge in [0.2, 0.25) is 0 Å². The smallest absolute Gasteiger partial charge is 0.337 e. The fraction of sp³-hybridized carbons (Fsp3) is 0.333. The molecule has 2 saturated heterocycles. The van der Waals surface area contributed by atoms with Crippen LogP contribution in [-0.4, -0.2) is 73.3 Å². The van der Waals surface area contributed by atoms with Gasteiger partial charge in [0.25, 0.3) is 11.8 Å². The molecule has 41 heavy (non-hydrogen) atoms. The maximum atomic E-state index is 13.7. The Bertz CT molecular complexity index is 1570. The van der Waals surface area contributed by atoms with Crippen molar-refractivity contribution in [2.24, 2.45) is 5.92 Å². The molecule has 0 saturated carbocycles. The number of Topliss-reactive ketones (excluding diaryl/α,β-unsaturated/α-hetero) is 1. The molecule has 3 aromatic rings. The Morgan fingerprint density at radius 2 is 1.54 bits per heavy atom. The predicted molar refractivity (Wildman–Crippen MR) is 136 cm³/mol. The number of ketones is 1. The van der Waals surface area contributed by atoms with Gasteiger partial charge in [0, 0.05) is 55.6 Å². The van der Waals surface area contributed by atoms with E-state index in [9.17, 15) is 36.3 Å². The van der Waals surface area contributed by atoms with Gasteiger partial charge in [-0.2, -0.15) is 18.3 Å². The van der Waals surface area contributed by atoms with Crippen LogP contribution in [0.25, 0.3) is 22.3 Å². The third-order valence-corrected chi connectivity index (χ3v) is 7.29. The number of fused-ring (bicyclic) bond motifs is 1. The second kappa shape index (κ2) is 10.5. The van der Waals surface area contributed by atoms with Crippen molar-refractivity contribution in [3.05, 3.63) is 66.7 Å². The molecule has 0 unspecified atom stereocenters. The van der Waals surface area contributed by atoms with E-state index in [1.54, 1.807) is 0 Å². The number of pyridine rings is 2. The molecule has 2 aliphatic heterocycles. The first-order valence-corrected chi connectivity index (χ1v) is 12.6. The lowest BCUT2D eigenvalue weighted by Crippen LogP contribution is -2.51. The van der Waals surface area contributed by atoms with E-state index in [-0.39, 0.29) is 67.1 Å². The molecule has 0 bridgehead atoms. The zero-order chi connectivity index (χ0) is 29.6. The highest BCUT2D eigenvalue weighted by atomic mass is 19.4. The van der Waals surface area contributed by atoms with Gasteiger partial charge < -0.3 is 9.80 Å². The lowest BCUT2D eigenvalue weighted by Gasteiger charge is -2.39. The monoisotopic (exact) mass is 574 g/mol. The zero-order valence-corrected chi connectivity index (χ0v) is 21.5. The quantitative estimate of drug-likeness (QED) is 0.248. The Hall–Kier alpha value is -4.49. The number of hydrogen-bond donors (Lipinski definition) is 0. The summed E-state index contributed by atoms with van der Waals surface area (Å²) in [5.41, 5.74) is 0.0964. The van der Waals surface area contributed by atoms with E-state index in [0.29, 0.717) is 5.52 Å². The molecule has 0 aliphatic carbocycles.